The fourth-order valence-corrected chi connectivity index (χ4v) is 5.41. The lowest BCUT2D eigenvalue weighted by atomic mass is 9.87. The van der Waals surface area contributed by atoms with Gasteiger partial charge in [0.1, 0.15) is 0 Å². The van der Waals surface area contributed by atoms with E-state index in [-0.39, 0.29) is 12.3 Å². The first kappa shape index (κ1) is 28.1. The van der Waals surface area contributed by atoms with Gasteiger partial charge in [-0.05, 0) is 60.0 Å². The highest BCUT2D eigenvalue weighted by molar-refractivity contribution is 6.31. The van der Waals surface area contributed by atoms with Crippen LogP contribution in [0.15, 0.2) is 91.0 Å². The van der Waals surface area contributed by atoms with E-state index in [1.807, 2.05) is 36.4 Å². The fourth-order valence-electron chi connectivity index (χ4n) is 5.24. The summed E-state index contributed by atoms with van der Waals surface area (Å²) < 4.78 is 22.9. The maximum atomic E-state index is 14.5. The smallest absolute Gasteiger partial charge is 0.339 e. The zero-order valence-electron chi connectivity index (χ0n) is 23.1. The van der Waals surface area contributed by atoms with Gasteiger partial charge in [-0.3, -0.25) is 4.79 Å². The molecule has 1 aliphatic heterocycles. The van der Waals surface area contributed by atoms with E-state index in [4.69, 9.17) is 30.5 Å². The molecule has 5 rings (SSSR count). The number of esters is 1. The molecular weight excluding hydrogens is 542 g/mol. The minimum absolute atomic E-state index is 0.0102. The van der Waals surface area contributed by atoms with Crippen LogP contribution in [0.25, 0.3) is 0 Å². The second-order valence-corrected chi connectivity index (χ2v) is 10.1. The average Bonchev–Trinajstić information content (AvgIpc) is 3.22. The summed E-state index contributed by atoms with van der Waals surface area (Å²) in [6, 6.07) is 27.3. The quantitative estimate of drug-likeness (QED) is 0.209. The van der Waals surface area contributed by atoms with Crippen molar-refractivity contribution in [1.82, 2.24) is 0 Å². The van der Waals surface area contributed by atoms with Crippen molar-refractivity contribution in [1.29, 1.82) is 0 Å². The van der Waals surface area contributed by atoms with E-state index in [0.717, 1.165) is 5.56 Å². The van der Waals surface area contributed by atoms with E-state index >= 15 is 0 Å². The first-order valence-electron chi connectivity index (χ1n) is 13.1. The molecule has 1 atom stereocenters. The van der Waals surface area contributed by atoms with Crippen molar-refractivity contribution in [2.24, 2.45) is 0 Å². The molecule has 4 aromatic carbocycles. The highest BCUT2D eigenvalue weighted by Crippen LogP contribution is 2.48. The SMILES string of the molecule is COc1cc(CC2(OC(=O)c3ccccc3)C(=O)N(CCc3ccccc3)c3ccc(Cl)cc32)cc(OC)c1OC. The van der Waals surface area contributed by atoms with Gasteiger partial charge in [0.05, 0.1) is 32.6 Å². The van der Waals surface area contributed by atoms with Crippen molar-refractivity contribution in [3.05, 3.63) is 118 Å². The molecule has 0 N–H and O–H groups in total. The summed E-state index contributed by atoms with van der Waals surface area (Å²) in [5, 5.41) is 0.423. The first-order chi connectivity index (χ1) is 19.9. The highest BCUT2D eigenvalue weighted by atomic mass is 35.5. The van der Waals surface area contributed by atoms with E-state index in [9.17, 15) is 9.59 Å². The molecule has 0 saturated carbocycles. The van der Waals surface area contributed by atoms with Crippen LogP contribution in [0.3, 0.4) is 0 Å². The highest BCUT2D eigenvalue weighted by Gasteiger charge is 2.54. The molecular formula is C33H30ClNO6. The Bertz CT molecular complexity index is 1530. The maximum Gasteiger partial charge on any atom is 0.339 e. The molecule has 0 aliphatic carbocycles. The van der Waals surface area contributed by atoms with Crippen molar-refractivity contribution < 1.29 is 28.5 Å². The van der Waals surface area contributed by atoms with Crippen molar-refractivity contribution >= 4 is 29.2 Å². The van der Waals surface area contributed by atoms with Crippen LogP contribution in [-0.4, -0.2) is 39.8 Å². The van der Waals surface area contributed by atoms with Gasteiger partial charge in [-0.1, -0.05) is 60.1 Å². The lowest BCUT2D eigenvalue weighted by molar-refractivity contribution is -0.137. The number of anilines is 1. The number of rotatable bonds is 10. The molecule has 0 fully saturated rings. The van der Waals surface area contributed by atoms with Gasteiger partial charge in [0.2, 0.25) is 11.4 Å². The molecule has 7 nitrogen and oxygen atoms in total. The van der Waals surface area contributed by atoms with E-state index in [1.54, 1.807) is 59.5 Å². The molecule has 1 amide bonds. The summed E-state index contributed by atoms with van der Waals surface area (Å²) in [7, 11) is 4.56. The number of benzene rings is 4. The van der Waals surface area contributed by atoms with Gasteiger partial charge >= 0.3 is 5.97 Å². The molecule has 210 valence electrons. The Balaban J connectivity index is 1.63. The number of nitrogens with zero attached hydrogens (tertiary/aromatic N) is 1. The van der Waals surface area contributed by atoms with Crippen LogP contribution in [0.2, 0.25) is 5.02 Å². The number of hydrogen-bond acceptors (Lipinski definition) is 6. The topological polar surface area (TPSA) is 74.3 Å². The van der Waals surface area contributed by atoms with Gasteiger partial charge in [-0.15, -0.1) is 0 Å². The summed E-state index contributed by atoms with van der Waals surface area (Å²) in [6.45, 7) is 0.386. The third-order valence-corrected chi connectivity index (χ3v) is 7.43. The molecule has 0 bridgehead atoms. The van der Waals surface area contributed by atoms with Crippen LogP contribution in [0, 0.1) is 0 Å². The van der Waals surface area contributed by atoms with E-state index in [0.29, 0.717) is 57.6 Å². The third-order valence-electron chi connectivity index (χ3n) is 7.20. The molecule has 0 saturated heterocycles. The van der Waals surface area contributed by atoms with E-state index in [2.05, 4.69) is 0 Å². The van der Waals surface area contributed by atoms with Crippen molar-refractivity contribution in [3.8, 4) is 17.2 Å². The van der Waals surface area contributed by atoms with E-state index in [1.165, 1.54) is 21.3 Å². The van der Waals surface area contributed by atoms with Crippen LogP contribution in [-0.2, 0) is 28.0 Å². The number of methoxy groups -OCH3 is 3. The maximum absolute atomic E-state index is 14.5. The Morgan fingerprint density at radius 1 is 0.805 bits per heavy atom. The Hall–Kier alpha value is -4.49. The minimum atomic E-state index is -1.70. The van der Waals surface area contributed by atoms with Gasteiger partial charge in [0.25, 0.3) is 5.91 Å². The van der Waals surface area contributed by atoms with Gasteiger partial charge < -0.3 is 23.8 Å². The summed E-state index contributed by atoms with van der Waals surface area (Å²) in [4.78, 5) is 29.8. The molecule has 0 aromatic heterocycles. The Morgan fingerprint density at radius 2 is 1.44 bits per heavy atom. The molecule has 1 unspecified atom stereocenters. The fraction of sp³-hybridized carbons (Fsp3) is 0.212. The summed E-state index contributed by atoms with van der Waals surface area (Å²) in [6.07, 6.45) is 0.623. The molecule has 1 aliphatic rings. The normalized spacial score (nSPS) is 15.8. The predicted molar refractivity (Wildman–Crippen MR) is 157 cm³/mol. The lowest BCUT2D eigenvalue weighted by Crippen LogP contribution is -2.46. The van der Waals surface area contributed by atoms with Crippen LogP contribution < -0.4 is 19.1 Å². The average molecular weight is 572 g/mol. The molecule has 1 heterocycles. The third kappa shape index (κ3) is 5.45. The van der Waals surface area contributed by atoms with E-state index < -0.39 is 11.6 Å². The standard InChI is InChI=1S/C33H30ClNO6/c1-38-28-18-23(19-29(39-2)30(28)40-3)21-33(41-31(36)24-12-8-5-9-13-24)26-20-25(34)14-15-27(26)35(32(33)37)17-16-22-10-6-4-7-11-22/h4-15,18-20H,16-17,21H2,1-3H3. The minimum Gasteiger partial charge on any atom is -0.493 e. The summed E-state index contributed by atoms with van der Waals surface area (Å²) in [5.41, 5.74) is 1.51. The Morgan fingerprint density at radius 3 is 2.05 bits per heavy atom. The van der Waals surface area contributed by atoms with Gasteiger partial charge in [-0.2, -0.15) is 0 Å². The largest absolute Gasteiger partial charge is 0.493 e. The second kappa shape index (κ2) is 11.9. The van der Waals surface area contributed by atoms with Crippen molar-refractivity contribution in [3.63, 3.8) is 0 Å². The number of carbonyl (C=O) groups is 2. The second-order valence-electron chi connectivity index (χ2n) is 9.65. The number of carbonyl (C=O) groups excluding carboxylic acids is 2. The molecule has 0 radical (unpaired) electrons. The first-order valence-corrected chi connectivity index (χ1v) is 13.5. The lowest BCUT2D eigenvalue weighted by Gasteiger charge is -2.29. The number of ether oxygens (including phenoxy) is 4. The number of amides is 1. The Kier molecular flexibility index (Phi) is 8.17. The zero-order chi connectivity index (χ0) is 29.0. The number of hydrogen-bond donors (Lipinski definition) is 0. The van der Waals surface area contributed by atoms with Gasteiger partial charge in [0, 0.05) is 23.6 Å². The Labute approximate surface area is 244 Å². The van der Waals surface area contributed by atoms with Crippen LogP contribution in [0.5, 0.6) is 17.2 Å². The van der Waals surface area contributed by atoms with Gasteiger partial charge in [-0.25, -0.2) is 4.79 Å². The summed E-state index contributed by atoms with van der Waals surface area (Å²) >= 11 is 6.48. The van der Waals surface area contributed by atoms with Crippen LogP contribution >= 0.6 is 11.6 Å². The summed E-state index contributed by atoms with van der Waals surface area (Å²) in [5.74, 6) is 0.277. The van der Waals surface area contributed by atoms with Crippen LogP contribution in [0.1, 0.15) is 27.0 Å². The molecule has 4 aromatic rings. The predicted octanol–water partition coefficient (Wildman–Crippen LogP) is 6.25. The van der Waals surface area contributed by atoms with Crippen molar-refractivity contribution in [2.45, 2.75) is 18.4 Å². The van der Waals surface area contributed by atoms with Gasteiger partial charge in [0.15, 0.2) is 11.5 Å². The number of halogens is 1. The molecule has 41 heavy (non-hydrogen) atoms. The van der Waals surface area contributed by atoms with Crippen molar-refractivity contribution in [2.75, 3.05) is 32.8 Å². The molecule has 0 spiro atoms. The monoisotopic (exact) mass is 571 g/mol. The zero-order valence-corrected chi connectivity index (χ0v) is 23.8. The van der Waals surface area contributed by atoms with Crippen LogP contribution in [0.4, 0.5) is 5.69 Å². The molecule has 8 heteroatoms. The number of fused-ring (bicyclic) bond motifs is 1.